The molecule has 0 unspecified atom stereocenters. The van der Waals surface area contributed by atoms with Crippen LogP contribution in [0.1, 0.15) is 58.3 Å². The summed E-state index contributed by atoms with van der Waals surface area (Å²) in [6, 6.07) is 8.43. The number of anilines is 1. The molecular weight excluding hydrogens is 246 g/mol. The van der Waals surface area contributed by atoms with E-state index in [-0.39, 0.29) is 0 Å². The van der Waals surface area contributed by atoms with Crippen LogP contribution in [0.25, 0.3) is 0 Å². The smallest absolute Gasteiger partial charge is 0.119 e. The summed E-state index contributed by atoms with van der Waals surface area (Å²) in [6.45, 7) is 4.17. The number of ether oxygens (including phenoxy) is 1. The lowest BCUT2D eigenvalue weighted by atomic mass is 9.89. The number of benzene rings is 1. The van der Waals surface area contributed by atoms with Crippen molar-refractivity contribution in [2.24, 2.45) is 5.92 Å². The van der Waals surface area contributed by atoms with E-state index in [4.69, 9.17) is 4.74 Å². The number of rotatable bonds is 8. The number of nitrogens with one attached hydrogen (secondary N) is 1. The molecule has 0 aromatic heterocycles. The third-order valence-corrected chi connectivity index (χ3v) is 4.19. The third-order valence-electron chi connectivity index (χ3n) is 4.19. The average molecular weight is 275 g/mol. The Morgan fingerprint density at radius 2 is 1.80 bits per heavy atom. The Labute approximate surface area is 123 Å². The molecule has 0 heterocycles. The van der Waals surface area contributed by atoms with Crippen molar-refractivity contribution in [3.8, 4) is 5.75 Å². The monoisotopic (exact) mass is 275 g/mol. The zero-order valence-corrected chi connectivity index (χ0v) is 12.9. The summed E-state index contributed by atoms with van der Waals surface area (Å²) in [5, 5.41) is 3.56. The molecule has 0 spiro atoms. The lowest BCUT2D eigenvalue weighted by Gasteiger charge is -2.22. The summed E-state index contributed by atoms with van der Waals surface area (Å²) >= 11 is 0. The van der Waals surface area contributed by atoms with E-state index in [0.29, 0.717) is 0 Å². The van der Waals surface area contributed by atoms with Crippen LogP contribution in [0.4, 0.5) is 5.69 Å². The molecule has 1 N–H and O–H groups in total. The lowest BCUT2D eigenvalue weighted by molar-refractivity contribution is 0.306. The van der Waals surface area contributed by atoms with Crippen molar-refractivity contribution in [1.29, 1.82) is 0 Å². The first kappa shape index (κ1) is 15.2. The van der Waals surface area contributed by atoms with Gasteiger partial charge in [0.25, 0.3) is 0 Å². The molecule has 2 heteroatoms. The van der Waals surface area contributed by atoms with E-state index in [1.807, 2.05) is 0 Å². The van der Waals surface area contributed by atoms with Crippen molar-refractivity contribution in [1.82, 2.24) is 0 Å². The van der Waals surface area contributed by atoms with Gasteiger partial charge in [0, 0.05) is 12.2 Å². The van der Waals surface area contributed by atoms with Gasteiger partial charge in [-0.2, -0.15) is 0 Å². The third kappa shape index (κ3) is 5.44. The summed E-state index contributed by atoms with van der Waals surface area (Å²) in [6.07, 6.45) is 10.7. The average Bonchev–Trinajstić information content (AvgIpc) is 2.52. The zero-order chi connectivity index (χ0) is 14.0. The molecule has 112 valence electrons. The largest absolute Gasteiger partial charge is 0.494 e. The minimum absolute atomic E-state index is 0.836. The maximum absolute atomic E-state index is 5.73. The highest BCUT2D eigenvalue weighted by atomic mass is 16.5. The molecule has 0 aliphatic heterocycles. The zero-order valence-electron chi connectivity index (χ0n) is 12.9. The van der Waals surface area contributed by atoms with E-state index in [9.17, 15) is 0 Å². The normalized spacial score (nSPS) is 16.1. The van der Waals surface area contributed by atoms with Gasteiger partial charge in [0.05, 0.1) is 6.61 Å². The second-order valence-corrected chi connectivity index (χ2v) is 5.96. The molecule has 2 rings (SSSR count). The van der Waals surface area contributed by atoms with Gasteiger partial charge in [0.2, 0.25) is 0 Å². The molecule has 1 aromatic carbocycles. The molecule has 0 radical (unpaired) electrons. The van der Waals surface area contributed by atoms with Gasteiger partial charge in [-0.15, -0.1) is 0 Å². The SMILES string of the molecule is CCCCCOc1ccc(NCC2CCCCC2)cc1. The number of hydrogen-bond donors (Lipinski definition) is 1. The van der Waals surface area contributed by atoms with E-state index in [0.717, 1.165) is 31.2 Å². The fourth-order valence-electron chi connectivity index (χ4n) is 2.86. The Hall–Kier alpha value is -1.18. The fraction of sp³-hybridized carbons (Fsp3) is 0.667. The van der Waals surface area contributed by atoms with Crippen LogP contribution in [0.2, 0.25) is 0 Å². The predicted molar refractivity (Wildman–Crippen MR) is 86.5 cm³/mol. The molecule has 1 aliphatic carbocycles. The number of unbranched alkanes of at least 4 members (excludes halogenated alkanes) is 2. The fourth-order valence-corrected chi connectivity index (χ4v) is 2.86. The van der Waals surface area contributed by atoms with E-state index in [1.54, 1.807) is 0 Å². The van der Waals surface area contributed by atoms with Crippen LogP contribution in [0, 0.1) is 5.92 Å². The van der Waals surface area contributed by atoms with Gasteiger partial charge < -0.3 is 10.1 Å². The Morgan fingerprint density at radius 1 is 1.05 bits per heavy atom. The summed E-state index contributed by atoms with van der Waals surface area (Å²) in [7, 11) is 0. The summed E-state index contributed by atoms with van der Waals surface area (Å²) in [5.74, 6) is 1.86. The molecule has 20 heavy (non-hydrogen) atoms. The van der Waals surface area contributed by atoms with Crippen LogP contribution < -0.4 is 10.1 Å². The van der Waals surface area contributed by atoms with Crippen LogP contribution in [0.3, 0.4) is 0 Å². The summed E-state index contributed by atoms with van der Waals surface area (Å²) in [5.41, 5.74) is 1.22. The first-order valence-electron chi connectivity index (χ1n) is 8.35. The first-order chi connectivity index (χ1) is 9.88. The van der Waals surface area contributed by atoms with Crippen molar-refractivity contribution in [2.75, 3.05) is 18.5 Å². The first-order valence-corrected chi connectivity index (χ1v) is 8.35. The Morgan fingerprint density at radius 3 is 2.50 bits per heavy atom. The lowest BCUT2D eigenvalue weighted by Crippen LogP contribution is -2.16. The van der Waals surface area contributed by atoms with E-state index in [1.165, 1.54) is 50.6 Å². The minimum Gasteiger partial charge on any atom is -0.494 e. The van der Waals surface area contributed by atoms with E-state index >= 15 is 0 Å². The van der Waals surface area contributed by atoms with Gasteiger partial charge in [0.1, 0.15) is 5.75 Å². The van der Waals surface area contributed by atoms with Gasteiger partial charge in [-0.05, 0) is 49.4 Å². The van der Waals surface area contributed by atoms with Crippen molar-refractivity contribution in [2.45, 2.75) is 58.3 Å². The van der Waals surface area contributed by atoms with Crippen molar-refractivity contribution >= 4 is 5.69 Å². The Balaban J connectivity index is 1.68. The van der Waals surface area contributed by atoms with E-state index < -0.39 is 0 Å². The van der Waals surface area contributed by atoms with Crippen molar-refractivity contribution in [3.05, 3.63) is 24.3 Å². The molecule has 2 nitrogen and oxygen atoms in total. The maximum atomic E-state index is 5.73. The van der Waals surface area contributed by atoms with Gasteiger partial charge in [-0.3, -0.25) is 0 Å². The van der Waals surface area contributed by atoms with Gasteiger partial charge in [-0.1, -0.05) is 39.0 Å². The second kappa shape index (κ2) is 8.89. The van der Waals surface area contributed by atoms with Gasteiger partial charge >= 0.3 is 0 Å². The van der Waals surface area contributed by atoms with Gasteiger partial charge in [-0.25, -0.2) is 0 Å². The molecule has 0 bridgehead atoms. The second-order valence-electron chi connectivity index (χ2n) is 5.96. The number of hydrogen-bond acceptors (Lipinski definition) is 2. The topological polar surface area (TPSA) is 21.3 Å². The van der Waals surface area contributed by atoms with Crippen LogP contribution in [-0.4, -0.2) is 13.2 Å². The highest BCUT2D eigenvalue weighted by Gasteiger charge is 2.12. The summed E-state index contributed by atoms with van der Waals surface area (Å²) in [4.78, 5) is 0. The van der Waals surface area contributed by atoms with Crippen molar-refractivity contribution in [3.63, 3.8) is 0 Å². The standard InChI is InChI=1S/C18H29NO/c1-2-3-7-14-20-18-12-10-17(11-13-18)19-15-16-8-5-4-6-9-16/h10-13,16,19H,2-9,14-15H2,1H3. The molecule has 1 aromatic rings. The van der Waals surface area contributed by atoms with Crippen LogP contribution >= 0.6 is 0 Å². The highest BCUT2D eigenvalue weighted by Crippen LogP contribution is 2.24. The van der Waals surface area contributed by atoms with Crippen molar-refractivity contribution < 1.29 is 4.74 Å². The van der Waals surface area contributed by atoms with Crippen LogP contribution in [0.5, 0.6) is 5.75 Å². The Bertz CT molecular complexity index is 354. The minimum atomic E-state index is 0.836. The molecule has 1 aliphatic rings. The van der Waals surface area contributed by atoms with Crippen LogP contribution in [-0.2, 0) is 0 Å². The maximum Gasteiger partial charge on any atom is 0.119 e. The Kier molecular flexibility index (Phi) is 6.76. The molecule has 0 atom stereocenters. The summed E-state index contributed by atoms with van der Waals surface area (Å²) < 4.78 is 5.73. The predicted octanol–water partition coefficient (Wildman–Crippen LogP) is 5.25. The van der Waals surface area contributed by atoms with Gasteiger partial charge in [0.15, 0.2) is 0 Å². The van der Waals surface area contributed by atoms with E-state index in [2.05, 4.69) is 36.5 Å². The quantitative estimate of drug-likeness (QED) is 0.654. The molecular formula is C18H29NO. The molecule has 0 amide bonds. The molecule has 1 fully saturated rings. The highest BCUT2D eigenvalue weighted by molar-refractivity contribution is 5.46. The molecule has 0 saturated heterocycles. The molecule has 1 saturated carbocycles. The van der Waals surface area contributed by atoms with Crippen LogP contribution in [0.15, 0.2) is 24.3 Å².